The molecule has 0 saturated carbocycles. The number of likely N-dealkylation sites (tertiary alicyclic amines) is 1. The Morgan fingerprint density at radius 3 is 2.29 bits per heavy atom. The molecule has 4 nitrogen and oxygen atoms in total. The lowest BCUT2D eigenvalue weighted by Crippen LogP contribution is -2.51. The van der Waals surface area contributed by atoms with Gasteiger partial charge >= 0.3 is 0 Å². The third-order valence-electron chi connectivity index (χ3n) is 3.58. The Hall–Kier alpha value is -2.33. The first-order valence-corrected chi connectivity index (χ1v) is 6.99. The zero-order valence-corrected chi connectivity index (χ0v) is 11.6. The number of benzene rings is 2. The minimum atomic E-state index is 0.00552. The van der Waals surface area contributed by atoms with Crippen molar-refractivity contribution in [1.29, 1.82) is 0 Å². The minimum absolute atomic E-state index is 0.00552. The molecule has 1 fully saturated rings. The van der Waals surface area contributed by atoms with Crippen LogP contribution in [-0.2, 0) is 0 Å². The maximum Gasteiger partial charge on any atom is 0.253 e. The van der Waals surface area contributed by atoms with Crippen molar-refractivity contribution >= 4 is 5.91 Å². The van der Waals surface area contributed by atoms with E-state index in [4.69, 9.17) is 9.84 Å². The van der Waals surface area contributed by atoms with Crippen molar-refractivity contribution in [3.63, 3.8) is 0 Å². The highest BCUT2D eigenvalue weighted by Gasteiger charge is 2.30. The molecule has 4 heteroatoms. The van der Waals surface area contributed by atoms with Gasteiger partial charge in [-0.2, -0.15) is 0 Å². The standard InChI is InChI=1S/C17H17NO3/c19-12-13-10-18(11-13)17(20)14-6-8-16(9-7-14)21-15-4-2-1-3-5-15/h1-9,13,19H,10-12H2. The van der Waals surface area contributed by atoms with Crippen molar-refractivity contribution in [2.75, 3.05) is 19.7 Å². The van der Waals surface area contributed by atoms with E-state index >= 15 is 0 Å². The summed E-state index contributed by atoms with van der Waals surface area (Å²) in [4.78, 5) is 13.9. The molecule has 1 saturated heterocycles. The molecule has 1 aliphatic heterocycles. The Balaban J connectivity index is 1.63. The van der Waals surface area contributed by atoms with Gasteiger partial charge in [-0.05, 0) is 36.4 Å². The van der Waals surface area contributed by atoms with E-state index in [1.54, 1.807) is 29.2 Å². The van der Waals surface area contributed by atoms with Crippen LogP contribution in [0.25, 0.3) is 0 Å². The molecule has 0 spiro atoms. The molecule has 1 aliphatic rings. The number of ether oxygens (including phenoxy) is 1. The molecule has 21 heavy (non-hydrogen) atoms. The van der Waals surface area contributed by atoms with Crippen LogP contribution in [0.1, 0.15) is 10.4 Å². The van der Waals surface area contributed by atoms with Crippen LogP contribution in [0.3, 0.4) is 0 Å². The molecular formula is C17H17NO3. The first kappa shape index (κ1) is 13.6. The fraction of sp³-hybridized carbons (Fsp3) is 0.235. The molecule has 1 amide bonds. The van der Waals surface area contributed by atoms with Gasteiger partial charge in [0.15, 0.2) is 0 Å². The maximum absolute atomic E-state index is 12.2. The van der Waals surface area contributed by atoms with Crippen molar-refractivity contribution in [2.45, 2.75) is 0 Å². The summed E-state index contributed by atoms with van der Waals surface area (Å²) in [6, 6.07) is 16.7. The zero-order chi connectivity index (χ0) is 14.7. The largest absolute Gasteiger partial charge is 0.457 e. The summed E-state index contributed by atoms with van der Waals surface area (Å²) in [5.41, 5.74) is 0.645. The first-order chi connectivity index (χ1) is 10.3. The Labute approximate surface area is 123 Å². The van der Waals surface area contributed by atoms with E-state index in [2.05, 4.69) is 0 Å². The quantitative estimate of drug-likeness (QED) is 0.938. The molecule has 0 bridgehead atoms. The summed E-state index contributed by atoms with van der Waals surface area (Å²) < 4.78 is 5.69. The fourth-order valence-corrected chi connectivity index (χ4v) is 2.32. The molecule has 2 aromatic rings. The van der Waals surface area contributed by atoms with E-state index in [-0.39, 0.29) is 18.4 Å². The van der Waals surface area contributed by atoms with Gasteiger partial charge in [-0.3, -0.25) is 4.79 Å². The molecule has 0 radical (unpaired) electrons. The van der Waals surface area contributed by atoms with Gasteiger partial charge in [0.2, 0.25) is 0 Å². The van der Waals surface area contributed by atoms with Crippen LogP contribution < -0.4 is 4.74 Å². The highest BCUT2D eigenvalue weighted by Crippen LogP contribution is 2.23. The maximum atomic E-state index is 12.2. The Morgan fingerprint density at radius 2 is 1.67 bits per heavy atom. The third-order valence-corrected chi connectivity index (χ3v) is 3.58. The van der Waals surface area contributed by atoms with Crippen molar-refractivity contribution in [2.24, 2.45) is 5.92 Å². The molecule has 0 aliphatic carbocycles. The van der Waals surface area contributed by atoms with Crippen molar-refractivity contribution < 1.29 is 14.6 Å². The van der Waals surface area contributed by atoms with E-state index < -0.39 is 0 Å². The highest BCUT2D eigenvalue weighted by atomic mass is 16.5. The van der Waals surface area contributed by atoms with Crippen LogP contribution in [0.15, 0.2) is 54.6 Å². The third kappa shape index (κ3) is 3.06. The van der Waals surface area contributed by atoms with Crippen LogP contribution in [-0.4, -0.2) is 35.6 Å². The SMILES string of the molecule is O=C(c1ccc(Oc2ccccc2)cc1)N1CC(CO)C1. The molecule has 0 unspecified atom stereocenters. The summed E-state index contributed by atoms with van der Waals surface area (Å²) in [6.45, 7) is 1.42. The van der Waals surface area contributed by atoms with Gasteiger partial charge < -0.3 is 14.7 Å². The van der Waals surface area contributed by atoms with Crippen molar-refractivity contribution in [1.82, 2.24) is 4.90 Å². The molecule has 1 N–H and O–H groups in total. The minimum Gasteiger partial charge on any atom is -0.457 e. The summed E-state index contributed by atoms with van der Waals surface area (Å²) in [5.74, 6) is 1.71. The summed E-state index contributed by atoms with van der Waals surface area (Å²) in [7, 11) is 0. The number of para-hydroxylation sites is 1. The number of carbonyl (C=O) groups excluding carboxylic acids is 1. The second kappa shape index (κ2) is 5.97. The van der Waals surface area contributed by atoms with Crippen LogP contribution in [0.2, 0.25) is 0 Å². The number of nitrogens with zero attached hydrogens (tertiary/aromatic N) is 1. The number of hydrogen-bond donors (Lipinski definition) is 1. The average Bonchev–Trinajstić information content (AvgIpc) is 2.48. The molecular weight excluding hydrogens is 266 g/mol. The molecule has 3 rings (SSSR count). The predicted molar refractivity (Wildman–Crippen MR) is 79.4 cm³/mol. The number of aliphatic hydroxyl groups excluding tert-OH is 1. The van der Waals surface area contributed by atoms with Gasteiger partial charge in [0, 0.05) is 31.2 Å². The van der Waals surface area contributed by atoms with Crippen LogP contribution >= 0.6 is 0 Å². The monoisotopic (exact) mass is 283 g/mol. The van der Waals surface area contributed by atoms with E-state index in [0.29, 0.717) is 24.4 Å². The zero-order valence-electron chi connectivity index (χ0n) is 11.6. The van der Waals surface area contributed by atoms with Crippen LogP contribution in [0, 0.1) is 5.92 Å². The van der Waals surface area contributed by atoms with E-state index in [1.807, 2.05) is 30.3 Å². The van der Waals surface area contributed by atoms with Crippen LogP contribution in [0.4, 0.5) is 0 Å². The molecule has 108 valence electrons. The molecule has 1 heterocycles. The van der Waals surface area contributed by atoms with Crippen LogP contribution in [0.5, 0.6) is 11.5 Å². The Morgan fingerprint density at radius 1 is 1.05 bits per heavy atom. The van der Waals surface area contributed by atoms with Crippen molar-refractivity contribution in [3.05, 3.63) is 60.2 Å². The number of carbonyl (C=O) groups is 1. The van der Waals surface area contributed by atoms with E-state index in [1.165, 1.54) is 0 Å². The summed E-state index contributed by atoms with van der Waals surface area (Å²) in [6.07, 6.45) is 0. The number of aliphatic hydroxyl groups is 1. The summed E-state index contributed by atoms with van der Waals surface area (Å²) >= 11 is 0. The first-order valence-electron chi connectivity index (χ1n) is 6.99. The smallest absolute Gasteiger partial charge is 0.253 e. The van der Waals surface area contributed by atoms with Gasteiger partial charge in [0.05, 0.1) is 0 Å². The number of hydrogen-bond acceptors (Lipinski definition) is 3. The van der Waals surface area contributed by atoms with Gasteiger partial charge in [0.25, 0.3) is 5.91 Å². The van der Waals surface area contributed by atoms with Crippen molar-refractivity contribution in [3.8, 4) is 11.5 Å². The topological polar surface area (TPSA) is 49.8 Å². The normalized spacial score (nSPS) is 14.6. The average molecular weight is 283 g/mol. The van der Waals surface area contributed by atoms with Gasteiger partial charge in [-0.1, -0.05) is 18.2 Å². The molecule has 2 aromatic carbocycles. The molecule has 0 aromatic heterocycles. The lowest BCUT2D eigenvalue weighted by Gasteiger charge is -2.38. The Kier molecular flexibility index (Phi) is 3.88. The Bertz CT molecular complexity index is 604. The van der Waals surface area contributed by atoms with E-state index in [0.717, 1.165) is 5.75 Å². The lowest BCUT2D eigenvalue weighted by atomic mass is 10.00. The summed E-state index contributed by atoms with van der Waals surface area (Å²) in [5, 5.41) is 8.98. The molecule has 0 atom stereocenters. The van der Waals surface area contributed by atoms with Gasteiger partial charge in [-0.25, -0.2) is 0 Å². The number of rotatable bonds is 4. The second-order valence-electron chi connectivity index (χ2n) is 5.20. The fourth-order valence-electron chi connectivity index (χ4n) is 2.32. The number of amides is 1. The highest BCUT2D eigenvalue weighted by molar-refractivity contribution is 5.94. The lowest BCUT2D eigenvalue weighted by molar-refractivity contribution is 0.0362. The van der Waals surface area contributed by atoms with Gasteiger partial charge in [0.1, 0.15) is 11.5 Å². The predicted octanol–water partition coefficient (Wildman–Crippen LogP) is 2.54. The second-order valence-corrected chi connectivity index (χ2v) is 5.20. The van der Waals surface area contributed by atoms with E-state index in [9.17, 15) is 4.79 Å². The van der Waals surface area contributed by atoms with Gasteiger partial charge in [-0.15, -0.1) is 0 Å².